The van der Waals surface area contributed by atoms with Crippen LogP contribution in [0.15, 0.2) is 59.5 Å². The number of nitrogens with one attached hydrogen (secondary N) is 1. The van der Waals surface area contributed by atoms with Gasteiger partial charge in [-0.2, -0.15) is 0 Å². The van der Waals surface area contributed by atoms with Crippen molar-refractivity contribution in [3.63, 3.8) is 0 Å². The summed E-state index contributed by atoms with van der Waals surface area (Å²) in [5, 5.41) is 0. The minimum absolute atomic E-state index is 0.242. The molecular weight excluding hydrogens is 298 g/mol. The SMILES string of the molecule is CCCCOc1ccc(S(=O)(=O)NCc2ccccc2)cc1. The number of rotatable bonds is 8. The van der Waals surface area contributed by atoms with E-state index in [0.717, 1.165) is 18.4 Å². The number of hydrogen-bond donors (Lipinski definition) is 1. The molecule has 2 aromatic rings. The fourth-order valence-electron chi connectivity index (χ4n) is 1.91. The van der Waals surface area contributed by atoms with Crippen LogP contribution >= 0.6 is 0 Å². The second-order valence-corrected chi connectivity index (χ2v) is 6.75. The number of unbranched alkanes of at least 4 members (excludes halogenated alkanes) is 1. The van der Waals surface area contributed by atoms with Gasteiger partial charge in [0.05, 0.1) is 11.5 Å². The molecule has 0 atom stereocenters. The number of benzene rings is 2. The lowest BCUT2D eigenvalue weighted by atomic mass is 10.2. The predicted octanol–water partition coefficient (Wildman–Crippen LogP) is 3.34. The van der Waals surface area contributed by atoms with Crippen molar-refractivity contribution in [2.45, 2.75) is 31.2 Å². The molecule has 118 valence electrons. The maximum atomic E-state index is 12.2. The lowest BCUT2D eigenvalue weighted by Gasteiger charge is -2.09. The van der Waals surface area contributed by atoms with Gasteiger partial charge in [0.2, 0.25) is 10.0 Å². The molecule has 2 aromatic carbocycles. The summed E-state index contributed by atoms with van der Waals surface area (Å²) >= 11 is 0. The highest BCUT2D eigenvalue weighted by atomic mass is 32.2. The molecule has 1 N–H and O–H groups in total. The summed E-state index contributed by atoms with van der Waals surface area (Å²) < 4.78 is 32.6. The molecule has 2 rings (SSSR count). The van der Waals surface area contributed by atoms with Gasteiger partial charge in [-0.05, 0) is 36.2 Å². The molecule has 0 fully saturated rings. The zero-order chi connectivity index (χ0) is 15.8. The molecule has 0 radical (unpaired) electrons. The highest BCUT2D eigenvalue weighted by Crippen LogP contribution is 2.16. The normalized spacial score (nSPS) is 11.3. The van der Waals surface area contributed by atoms with Crippen LogP contribution in [0.4, 0.5) is 0 Å². The molecule has 0 saturated carbocycles. The van der Waals surface area contributed by atoms with E-state index >= 15 is 0 Å². The molecule has 5 heteroatoms. The number of ether oxygens (including phenoxy) is 1. The molecule has 4 nitrogen and oxygen atoms in total. The standard InChI is InChI=1S/C17H21NO3S/c1-2-3-13-21-16-9-11-17(12-10-16)22(19,20)18-14-15-7-5-4-6-8-15/h4-12,18H,2-3,13-14H2,1H3. The van der Waals surface area contributed by atoms with Gasteiger partial charge in [-0.3, -0.25) is 0 Å². The Morgan fingerprint density at radius 3 is 2.32 bits per heavy atom. The lowest BCUT2D eigenvalue weighted by Crippen LogP contribution is -2.23. The first-order valence-corrected chi connectivity index (χ1v) is 8.86. The monoisotopic (exact) mass is 319 g/mol. The van der Waals surface area contributed by atoms with E-state index in [-0.39, 0.29) is 11.4 Å². The largest absolute Gasteiger partial charge is 0.494 e. The first-order chi connectivity index (χ1) is 10.6. The molecule has 0 bridgehead atoms. The molecule has 0 unspecified atom stereocenters. The highest BCUT2D eigenvalue weighted by molar-refractivity contribution is 7.89. The molecule has 0 spiro atoms. The van der Waals surface area contributed by atoms with Crippen molar-refractivity contribution >= 4 is 10.0 Å². The van der Waals surface area contributed by atoms with Crippen LogP contribution in [0, 0.1) is 0 Å². The van der Waals surface area contributed by atoms with E-state index in [2.05, 4.69) is 11.6 Å². The van der Waals surface area contributed by atoms with Crippen LogP contribution < -0.4 is 9.46 Å². The fraction of sp³-hybridized carbons (Fsp3) is 0.294. The third-order valence-electron chi connectivity index (χ3n) is 3.21. The molecule has 22 heavy (non-hydrogen) atoms. The van der Waals surface area contributed by atoms with Gasteiger partial charge in [0.15, 0.2) is 0 Å². The molecule has 0 saturated heterocycles. The third kappa shape index (κ3) is 4.86. The van der Waals surface area contributed by atoms with Crippen LogP contribution in [0.5, 0.6) is 5.75 Å². The van der Waals surface area contributed by atoms with Crippen LogP contribution in [0.3, 0.4) is 0 Å². The van der Waals surface area contributed by atoms with Gasteiger partial charge in [0.1, 0.15) is 5.75 Å². The Morgan fingerprint density at radius 1 is 1.00 bits per heavy atom. The van der Waals surface area contributed by atoms with Gasteiger partial charge in [0.25, 0.3) is 0 Å². The summed E-state index contributed by atoms with van der Waals surface area (Å²) in [6.45, 7) is 3.02. The molecule has 0 aliphatic rings. The van der Waals surface area contributed by atoms with E-state index in [0.29, 0.717) is 12.4 Å². The van der Waals surface area contributed by atoms with Crippen molar-refractivity contribution in [2.24, 2.45) is 0 Å². The van der Waals surface area contributed by atoms with Crippen molar-refractivity contribution in [2.75, 3.05) is 6.61 Å². The van der Waals surface area contributed by atoms with E-state index in [4.69, 9.17) is 4.74 Å². The van der Waals surface area contributed by atoms with E-state index in [1.807, 2.05) is 30.3 Å². The van der Waals surface area contributed by atoms with Crippen LogP contribution in [0.1, 0.15) is 25.3 Å². The van der Waals surface area contributed by atoms with Gasteiger partial charge in [0, 0.05) is 6.54 Å². The van der Waals surface area contributed by atoms with Gasteiger partial charge in [-0.15, -0.1) is 0 Å². The maximum absolute atomic E-state index is 12.2. The molecule has 0 aliphatic carbocycles. The zero-order valence-electron chi connectivity index (χ0n) is 12.7. The van der Waals surface area contributed by atoms with Gasteiger partial charge < -0.3 is 4.74 Å². The third-order valence-corrected chi connectivity index (χ3v) is 4.63. The van der Waals surface area contributed by atoms with Crippen molar-refractivity contribution in [3.8, 4) is 5.75 Å². The summed E-state index contributed by atoms with van der Waals surface area (Å²) in [7, 11) is -3.51. The lowest BCUT2D eigenvalue weighted by molar-refractivity contribution is 0.309. The minimum Gasteiger partial charge on any atom is -0.494 e. The molecule has 0 amide bonds. The van der Waals surface area contributed by atoms with Gasteiger partial charge in [-0.1, -0.05) is 43.7 Å². The van der Waals surface area contributed by atoms with Crippen LogP contribution in [0.25, 0.3) is 0 Å². The Balaban J connectivity index is 1.97. The van der Waals surface area contributed by atoms with Crippen molar-refractivity contribution in [3.05, 3.63) is 60.2 Å². The van der Waals surface area contributed by atoms with Gasteiger partial charge >= 0.3 is 0 Å². The van der Waals surface area contributed by atoms with Crippen LogP contribution in [0.2, 0.25) is 0 Å². The van der Waals surface area contributed by atoms with Crippen LogP contribution in [-0.2, 0) is 16.6 Å². The second-order valence-electron chi connectivity index (χ2n) is 4.98. The van der Waals surface area contributed by atoms with Crippen molar-refractivity contribution in [1.82, 2.24) is 4.72 Å². The minimum atomic E-state index is -3.51. The van der Waals surface area contributed by atoms with E-state index < -0.39 is 10.0 Å². The molecular formula is C17H21NO3S. The topological polar surface area (TPSA) is 55.4 Å². The Labute approximate surface area is 132 Å². The van der Waals surface area contributed by atoms with Crippen LogP contribution in [-0.4, -0.2) is 15.0 Å². The van der Waals surface area contributed by atoms with Gasteiger partial charge in [-0.25, -0.2) is 13.1 Å². The fourth-order valence-corrected chi connectivity index (χ4v) is 2.92. The Morgan fingerprint density at radius 2 is 1.68 bits per heavy atom. The molecule has 0 heterocycles. The maximum Gasteiger partial charge on any atom is 0.240 e. The van der Waals surface area contributed by atoms with Crippen molar-refractivity contribution in [1.29, 1.82) is 0 Å². The summed E-state index contributed by atoms with van der Waals surface area (Å²) in [5.41, 5.74) is 0.922. The first-order valence-electron chi connectivity index (χ1n) is 7.38. The smallest absolute Gasteiger partial charge is 0.240 e. The van der Waals surface area contributed by atoms with E-state index in [9.17, 15) is 8.42 Å². The highest BCUT2D eigenvalue weighted by Gasteiger charge is 2.13. The molecule has 0 aliphatic heterocycles. The Bertz CT molecular complexity index is 667. The molecule has 0 aromatic heterocycles. The number of hydrogen-bond acceptors (Lipinski definition) is 3. The Kier molecular flexibility index (Phi) is 5.98. The number of sulfonamides is 1. The summed E-state index contributed by atoms with van der Waals surface area (Å²) in [4.78, 5) is 0.242. The average molecular weight is 319 g/mol. The predicted molar refractivity (Wildman–Crippen MR) is 87.3 cm³/mol. The first kappa shape index (κ1) is 16.5. The zero-order valence-corrected chi connectivity index (χ0v) is 13.5. The summed E-state index contributed by atoms with van der Waals surface area (Å²) in [5.74, 6) is 0.690. The van der Waals surface area contributed by atoms with E-state index in [1.54, 1.807) is 24.3 Å². The van der Waals surface area contributed by atoms with Crippen molar-refractivity contribution < 1.29 is 13.2 Å². The summed E-state index contributed by atoms with van der Waals surface area (Å²) in [6, 6.07) is 15.9. The van der Waals surface area contributed by atoms with E-state index in [1.165, 1.54) is 0 Å². The second kappa shape index (κ2) is 7.96. The summed E-state index contributed by atoms with van der Waals surface area (Å²) in [6.07, 6.45) is 2.05. The Hall–Kier alpha value is -1.85. The average Bonchev–Trinajstić information content (AvgIpc) is 2.55. The quantitative estimate of drug-likeness (QED) is 0.759.